The molecule has 0 aliphatic rings. The zero-order valence-corrected chi connectivity index (χ0v) is 13.4. The van der Waals surface area contributed by atoms with Crippen LogP contribution in [0.25, 0.3) is 6.08 Å². The molecule has 0 spiro atoms. The Morgan fingerprint density at radius 2 is 2.00 bits per heavy atom. The van der Waals surface area contributed by atoms with Crippen molar-refractivity contribution in [3.8, 4) is 0 Å². The Hall–Kier alpha value is -2.14. The molecule has 2 N–H and O–H groups in total. The Kier molecular flexibility index (Phi) is 6.15. The molecular formula is C17H16BrFN2O. The van der Waals surface area contributed by atoms with Crippen molar-refractivity contribution in [3.63, 3.8) is 0 Å². The highest BCUT2D eigenvalue weighted by Gasteiger charge is 2.00. The summed E-state index contributed by atoms with van der Waals surface area (Å²) < 4.78 is 14.0. The average molecular weight is 363 g/mol. The number of benzene rings is 2. The molecule has 2 amide bonds. The molecule has 0 aliphatic heterocycles. The normalized spacial score (nSPS) is 10.6. The van der Waals surface area contributed by atoms with Gasteiger partial charge in [-0.15, -0.1) is 0 Å². The Bertz CT molecular complexity index is 673. The van der Waals surface area contributed by atoms with E-state index in [4.69, 9.17) is 0 Å². The highest BCUT2D eigenvalue weighted by atomic mass is 79.9. The Morgan fingerprint density at radius 3 is 2.77 bits per heavy atom. The predicted octanol–water partition coefficient (Wildman–Crippen LogP) is 4.10. The fourth-order valence-corrected chi connectivity index (χ4v) is 2.37. The standard InChI is InChI=1S/C17H16BrFN2O/c18-16-7-2-1-5-14(16)9-11-21-17(22)20-10-8-13-4-3-6-15(19)12-13/h1-8,10,12H,9,11H2,(H2,20,21,22)/b10-8+. The molecule has 0 saturated carbocycles. The number of urea groups is 1. The van der Waals surface area contributed by atoms with Crippen molar-refractivity contribution in [1.82, 2.24) is 10.6 Å². The first-order valence-electron chi connectivity index (χ1n) is 6.85. The SMILES string of the molecule is O=C(N/C=C/c1cccc(F)c1)NCCc1ccccc1Br. The molecular weight excluding hydrogens is 347 g/mol. The van der Waals surface area contributed by atoms with E-state index in [0.29, 0.717) is 12.1 Å². The summed E-state index contributed by atoms with van der Waals surface area (Å²) in [5.41, 5.74) is 1.83. The minimum Gasteiger partial charge on any atom is -0.338 e. The maximum atomic E-state index is 13.0. The van der Waals surface area contributed by atoms with Crippen LogP contribution in [0.5, 0.6) is 0 Å². The van der Waals surface area contributed by atoms with Crippen molar-refractivity contribution >= 4 is 28.0 Å². The summed E-state index contributed by atoms with van der Waals surface area (Å²) in [6.07, 6.45) is 3.86. The van der Waals surface area contributed by atoms with Crippen molar-refractivity contribution in [2.45, 2.75) is 6.42 Å². The fourth-order valence-electron chi connectivity index (χ4n) is 1.89. The van der Waals surface area contributed by atoms with Crippen molar-refractivity contribution in [3.05, 3.63) is 76.1 Å². The van der Waals surface area contributed by atoms with Crippen molar-refractivity contribution in [1.29, 1.82) is 0 Å². The van der Waals surface area contributed by atoms with Crippen LogP contribution in [0.15, 0.2) is 59.2 Å². The van der Waals surface area contributed by atoms with Crippen LogP contribution in [0.1, 0.15) is 11.1 Å². The van der Waals surface area contributed by atoms with Gasteiger partial charge in [0.15, 0.2) is 0 Å². The van der Waals surface area contributed by atoms with Gasteiger partial charge < -0.3 is 10.6 Å². The molecule has 3 nitrogen and oxygen atoms in total. The molecule has 0 unspecified atom stereocenters. The molecule has 0 aromatic heterocycles. The summed E-state index contributed by atoms with van der Waals surface area (Å²) in [4.78, 5) is 11.6. The highest BCUT2D eigenvalue weighted by Crippen LogP contribution is 2.15. The van der Waals surface area contributed by atoms with E-state index in [2.05, 4.69) is 26.6 Å². The summed E-state index contributed by atoms with van der Waals surface area (Å²) in [6.45, 7) is 0.530. The molecule has 0 fully saturated rings. The molecule has 0 aliphatic carbocycles. The van der Waals surface area contributed by atoms with Crippen LogP contribution < -0.4 is 10.6 Å². The van der Waals surface area contributed by atoms with E-state index in [9.17, 15) is 9.18 Å². The molecule has 0 radical (unpaired) electrons. The topological polar surface area (TPSA) is 41.1 Å². The van der Waals surface area contributed by atoms with Crippen LogP contribution in [0.2, 0.25) is 0 Å². The van der Waals surface area contributed by atoms with E-state index >= 15 is 0 Å². The van der Waals surface area contributed by atoms with E-state index in [-0.39, 0.29) is 11.8 Å². The smallest absolute Gasteiger partial charge is 0.318 e. The molecule has 0 bridgehead atoms. The van der Waals surface area contributed by atoms with Gasteiger partial charge in [0.1, 0.15) is 5.82 Å². The summed E-state index contributed by atoms with van der Waals surface area (Å²) in [5.74, 6) is -0.306. The molecule has 0 saturated heterocycles. The number of halogens is 2. The second-order valence-corrected chi connectivity index (χ2v) is 5.48. The van der Waals surface area contributed by atoms with Gasteiger partial charge in [0.05, 0.1) is 0 Å². The number of carbonyl (C=O) groups is 1. The van der Waals surface area contributed by atoms with E-state index in [1.165, 1.54) is 18.3 Å². The van der Waals surface area contributed by atoms with Crippen molar-refractivity contribution in [2.24, 2.45) is 0 Å². The molecule has 2 aromatic carbocycles. The molecule has 2 aromatic rings. The van der Waals surface area contributed by atoms with Gasteiger partial charge in [-0.3, -0.25) is 0 Å². The van der Waals surface area contributed by atoms with Gasteiger partial charge in [0.25, 0.3) is 0 Å². The third kappa shape index (κ3) is 5.33. The van der Waals surface area contributed by atoms with Crippen LogP contribution in [0, 0.1) is 5.82 Å². The maximum Gasteiger partial charge on any atom is 0.318 e. The minimum atomic E-state index is -0.306. The van der Waals surface area contributed by atoms with Crippen LogP contribution in [-0.2, 0) is 6.42 Å². The number of hydrogen-bond acceptors (Lipinski definition) is 1. The summed E-state index contributed by atoms with van der Waals surface area (Å²) in [7, 11) is 0. The van der Waals surface area contributed by atoms with Gasteiger partial charge in [-0.05, 0) is 41.8 Å². The third-order valence-corrected chi connectivity index (χ3v) is 3.75. The Balaban J connectivity index is 1.73. The number of carbonyl (C=O) groups excluding carboxylic acids is 1. The lowest BCUT2D eigenvalue weighted by atomic mass is 10.1. The summed E-state index contributed by atoms with van der Waals surface area (Å²) >= 11 is 3.47. The van der Waals surface area contributed by atoms with E-state index in [1.54, 1.807) is 18.2 Å². The largest absolute Gasteiger partial charge is 0.338 e. The summed E-state index contributed by atoms with van der Waals surface area (Å²) in [5, 5.41) is 5.35. The van der Waals surface area contributed by atoms with Crippen molar-refractivity contribution < 1.29 is 9.18 Å². The van der Waals surface area contributed by atoms with Gasteiger partial charge in [-0.25, -0.2) is 9.18 Å². The third-order valence-electron chi connectivity index (χ3n) is 2.98. The molecule has 2 rings (SSSR count). The fraction of sp³-hybridized carbons (Fsp3) is 0.118. The highest BCUT2D eigenvalue weighted by molar-refractivity contribution is 9.10. The molecule has 114 valence electrons. The molecule has 5 heteroatoms. The minimum absolute atomic E-state index is 0.292. The van der Waals surface area contributed by atoms with Gasteiger partial charge in [-0.2, -0.15) is 0 Å². The van der Waals surface area contributed by atoms with Gasteiger partial charge in [0.2, 0.25) is 0 Å². The number of nitrogens with one attached hydrogen (secondary N) is 2. The number of hydrogen-bond donors (Lipinski definition) is 2. The molecule has 22 heavy (non-hydrogen) atoms. The summed E-state index contributed by atoms with van der Waals surface area (Å²) in [6, 6.07) is 13.7. The van der Waals surface area contributed by atoms with E-state index < -0.39 is 0 Å². The average Bonchev–Trinajstić information content (AvgIpc) is 2.49. The van der Waals surface area contributed by atoms with Crippen LogP contribution >= 0.6 is 15.9 Å². The van der Waals surface area contributed by atoms with E-state index in [0.717, 1.165) is 16.5 Å². The monoisotopic (exact) mass is 362 g/mol. The first-order valence-corrected chi connectivity index (χ1v) is 7.64. The Morgan fingerprint density at radius 1 is 1.18 bits per heavy atom. The van der Waals surface area contributed by atoms with Crippen LogP contribution in [0.4, 0.5) is 9.18 Å². The second-order valence-electron chi connectivity index (χ2n) is 4.63. The number of amides is 2. The lowest BCUT2D eigenvalue weighted by molar-refractivity contribution is 0.244. The molecule has 0 heterocycles. The predicted molar refractivity (Wildman–Crippen MR) is 89.8 cm³/mol. The quantitative estimate of drug-likeness (QED) is 0.825. The van der Waals surface area contributed by atoms with Crippen LogP contribution in [0.3, 0.4) is 0 Å². The Labute approximate surface area is 137 Å². The first-order chi connectivity index (χ1) is 10.6. The second kappa shape index (κ2) is 8.34. The van der Waals surface area contributed by atoms with Crippen LogP contribution in [-0.4, -0.2) is 12.6 Å². The molecule has 0 atom stereocenters. The lowest BCUT2D eigenvalue weighted by Gasteiger charge is -2.06. The zero-order valence-electron chi connectivity index (χ0n) is 11.9. The number of rotatable bonds is 5. The van der Waals surface area contributed by atoms with E-state index in [1.807, 2.05) is 24.3 Å². The van der Waals surface area contributed by atoms with Gasteiger partial charge in [-0.1, -0.05) is 46.3 Å². The van der Waals surface area contributed by atoms with Gasteiger partial charge >= 0.3 is 6.03 Å². The maximum absolute atomic E-state index is 13.0. The van der Waals surface area contributed by atoms with Crippen molar-refractivity contribution in [2.75, 3.05) is 6.54 Å². The van der Waals surface area contributed by atoms with Gasteiger partial charge in [0, 0.05) is 17.2 Å². The zero-order chi connectivity index (χ0) is 15.8. The lowest BCUT2D eigenvalue weighted by Crippen LogP contribution is -2.33. The first kappa shape index (κ1) is 16.2.